The molecule has 100 valence electrons. The van der Waals surface area contributed by atoms with Gasteiger partial charge in [0.2, 0.25) is 5.89 Å². The van der Waals surface area contributed by atoms with Crippen molar-refractivity contribution in [1.82, 2.24) is 15.0 Å². The van der Waals surface area contributed by atoms with Gasteiger partial charge in [-0.1, -0.05) is 12.1 Å². The molecule has 1 aromatic rings. The third-order valence-corrected chi connectivity index (χ3v) is 2.80. The number of nitrogens with zero attached hydrogens (tertiary/aromatic N) is 3. The molecular weight excluding hydrogens is 238 g/mol. The molecule has 7 nitrogen and oxygen atoms in total. The Morgan fingerprint density at radius 2 is 2.44 bits per heavy atom. The second-order valence-electron chi connectivity index (χ2n) is 4.28. The van der Waals surface area contributed by atoms with E-state index in [1.165, 1.54) is 0 Å². The van der Waals surface area contributed by atoms with Crippen molar-refractivity contribution >= 4 is 5.97 Å². The molecule has 0 radical (unpaired) electrons. The number of aryl methyl sites for hydroxylation is 1. The van der Waals surface area contributed by atoms with E-state index in [1.54, 1.807) is 0 Å². The number of aliphatic carboxylic acids is 1. The summed E-state index contributed by atoms with van der Waals surface area (Å²) in [7, 11) is 0. The van der Waals surface area contributed by atoms with Gasteiger partial charge in [-0.05, 0) is 0 Å². The van der Waals surface area contributed by atoms with Crippen molar-refractivity contribution in [3.05, 3.63) is 11.7 Å². The summed E-state index contributed by atoms with van der Waals surface area (Å²) in [5.41, 5.74) is 0. The molecule has 1 aromatic heterocycles. The Hall–Kier alpha value is -1.47. The van der Waals surface area contributed by atoms with E-state index in [0.717, 1.165) is 13.0 Å². The zero-order valence-corrected chi connectivity index (χ0v) is 10.3. The van der Waals surface area contributed by atoms with Gasteiger partial charge in [-0.3, -0.25) is 9.69 Å². The van der Waals surface area contributed by atoms with E-state index in [-0.39, 0.29) is 12.5 Å². The Morgan fingerprint density at radius 3 is 3.11 bits per heavy atom. The van der Waals surface area contributed by atoms with Gasteiger partial charge in [0.25, 0.3) is 0 Å². The van der Waals surface area contributed by atoms with Gasteiger partial charge in [-0.15, -0.1) is 0 Å². The number of carboxylic acid groups (broad SMARTS) is 1. The van der Waals surface area contributed by atoms with Gasteiger partial charge < -0.3 is 14.4 Å². The van der Waals surface area contributed by atoms with Crippen LogP contribution in [0.5, 0.6) is 0 Å². The zero-order chi connectivity index (χ0) is 13.0. The minimum atomic E-state index is -0.838. The van der Waals surface area contributed by atoms with Crippen LogP contribution in [-0.4, -0.2) is 51.9 Å². The van der Waals surface area contributed by atoms with Crippen molar-refractivity contribution in [2.75, 3.05) is 19.7 Å². The van der Waals surface area contributed by atoms with Crippen LogP contribution in [0.4, 0.5) is 0 Å². The van der Waals surface area contributed by atoms with Crippen LogP contribution in [0.2, 0.25) is 0 Å². The average molecular weight is 255 g/mol. The van der Waals surface area contributed by atoms with E-state index in [9.17, 15) is 4.79 Å². The second kappa shape index (κ2) is 5.92. The number of morpholine rings is 1. The summed E-state index contributed by atoms with van der Waals surface area (Å²) in [4.78, 5) is 17.0. The Kier molecular flexibility index (Phi) is 4.27. The highest BCUT2D eigenvalue weighted by Gasteiger charge is 2.23. The zero-order valence-electron chi connectivity index (χ0n) is 10.3. The first-order chi connectivity index (χ1) is 8.67. The molecule has 1 saturated heterocycles. The monoisotopic (exact) mass is 255 g/mol. The molecule has 1 atom stereocenters. The molecule has 1 fully saturated rings. The van der Waals surface area contributed by atoms with Crippen LogP contribution in [0, 0.1) is 0 Å². The van der Waals surface area contributed by atoms with Gasteiger partial charge >= 0.3 is 5.97 Å². The summed E-state index contributed by atoms with van der Waals surface area (Å²) in [6.07, 6.45) is 0.495. The molecule has 0 spiro atoms. The van der Waals surface area contributed by atoms with E-state index in [2.05, 4.69) is 15.0 Å². The first-order valence-electron chi connectivity index (χ1n) is 6.04. The maximum atomic E-state index is 10.6. The van der Waals surface area contributed by atoms with E-state index in [4.69, 9.17) is 14.4 Å². The van der Waals surface area contributed by atoms with Crippen LogP contribution < -0.4 is 0 Å². The summed E-state index contributed by atoms with van der Waals surface area (Å²) in [5.74, 6) is 0.429. The minimum Gasteiger partial charge on any atom is -0.481 e. The van der Waals surface area contributed by atoms with Crippen LogP contribution in [0.15, 0.2) is 4.52 Å². The van der Waals surface area contributed by atoms with Gasteiger partial charge in [0.15, 0.2) is 5.82 Å². The number of hydrogen-bond acceptors (Lipinski definition) is 6. The summed E-state index contributed by atoms with van der Waals surface area (Å²) < 4.78 is 10.4. The molecule has 1 aliphatic heterocycles. The van der Waals surface area contributed by atoms with Crippen molar-refractivity contribution in [1.29, 1.82) is 0 Å². The topological polar surface area (TPSA) is 88.7 Å². The first kappa shape index (κ1) is 13.0. The summed E-state index contributed by atoms with van der Waals surface area (Å²) in [5, 5.41) is 12.6. The second-order valence-corrected chi connectivity index (χ2v) is 4.28. The highest BCUT2D eigenvalue weighted by molar-refractivity contribution is 5.67. The lowest BCUT2D eigenvalue weighted by Crippen LogP contribution is -2.42. The predicted octanol–water partition coefficient (Wildman–Crippen LogP) is 0.307. The number of hydrogen-bond donors (Lipinski definition) is 1. The normalized spacial score (nSPS) is 21.1. The fourth-order valence-electron chi connectivity index (χ4n) is 1.94. The van der Waals surface area contributed by atoms with Crippen LogP contribution in [0.1, 0.15) is 25.1 Å². The van der Waals surface area contributed by atoms with Gasteiger partial charge in [0.05, 0.1) is 25.7 Å². The highest BCUT2D eigenvalue weighted by Crippen LogP contribution is 2.11. The summed E-state index contributed by atoms with van der Waals surface area (Å²) in [6, 6.07) is 0. The van der Waals surface area contributed by atoms with Gasteiger partial charge in [0, 0.05) is 19.5 Å². The van der Waals surface area contributed by atoms with E-state index in [0.29, 0.717) is 31.4 Å². The Bertz CT molecular complexity index is 407. The van der Waals surface area contributed by atoms with E-state index < -0.39 is 5.97 Å². The number of aromatic nitrogens is 2. The average Bonchev–Trinajstić information content (AvgIpc) is 2.76. The quantitative estimate of drug-likeness (QED) is 0.809. The fraction of sp³-hybridized carbons (Fsp3) is 0.727. The molecule has 0 aromatic carbocycles. The smallest absolute Gasteiger partial charge is 0.306 e. The largest absolute Gasteiger partial charge is 0.481 e. The lowest BCUT2D eigenvalue weighted by Gasteiger charge is -2.31. The maximum Gasteiger partial charge on any atom is 0.306 e. The number of ether oxygens (including phenoxy) is 1. The molecule has 18 heavy (non-hydrogen) atoms. The third-order valence-electron chi connectivity index (χ3n) is 2.80. The number of carbonyl (C=O) groups is 1. The molecule has 0 aliphatic carbocycles. The minimum absolute atomic E-state index is 0.0307. The summed E-state index contributed by atoms with van der Waals surface area (Å²) >= 11 is 0. The van der Waals surface area contributed by atoms with Gasteiger partial charge in [-0.25, -0.2) is 0 Å². The molecule has 1 aliphatic rings. The Balaban J connectivity index is 1.87. The Labute approximate surface area is 105 Å². The molecule has 2 rings (SSSR count). The van der Waals surface area contributed by atoms with Crippen LogP contribution in [0.25, 0.3) is 0 Å². The number of carboxylic acids is 1. The van der Waals surface area contributed by atoms with Gasteiger partial charge in [0.1, 0.15) is 0 Å². The third kappa shape index (κ3) is 3.51. The van der Waals surface area contributed by atoms with E-state index >= 15 is 0 Å². The highest BCUT2D eigenvalue weighted by atomic mass is 16.5. The Morgan fingerprint density at radius 1 is 1.61 bits per heavy atom. The van der Waals surface area contributed by atoms with Crippen molar-refractivity contribution < 1.29 is 19.2 Å². The SMILES string of the molecule is CCc1nc(CN2CCOC(CC(=O)O)C2)no1. The predicted molar refractivity (Wildman–Crippen MR) is 60.9 cm³/mol. The molecule has 1 N–H and O–H groups in total. The lowest BCUT2D eigenvalue weighted by molar-refractivity contribution is -0.142. The molecule has 0 amide bonds. The maximum absolute atomic E-state index is 10.6. The van der Waals surface area contributed by atoms with Crippen molar-refractivity contribution in [3.8, 4) is 0 Å². The molecular formula is C11H17N3O4. The standard InChI is InChI=1S/C11H17N3O4/c1-2-10-12-9(13-18-10)7-14-3-4-17-8(6-14)5-11(15)16/h8H,2-7H2,1H3,(H,15,16). The molecule has 1 unspecified atom stereocenters. The number of rotatable bonds is 5. The first-order valence-corrected chi connectivity index (χ1v) is 6.04. The van der Waals surface area contributed by atoms with Crippen LogP contribution in [-0.2, 0) is 22.5 Å². The fourth-order valence-corrected chi connectivity index (χ4v) is 1.94. The van der Waals surface area contributed by atoms with Crippen molar-refractivity contribution in [2.24, 2.45) is 0 Å². The van der Waals surface area contributed by atoms with Crippen molar-refractivity contribution in [3.63, 3.8) is 0 Å². The molecule has 0 bridgehead atoms. The molecule has 7 heteroatoms. The molecule has 2 heterocycles. The van der Waals surface area contributed by atoms with Crippen LogP contribution >= 0.6 is 0 Å². The van der Waals surface area contributed by atoms with Crippen LogP contribution in [0.3, 0.4) is 0 Å². The van der Waals surface area contributed by atoms with E-state index in [1.807, 2.05) is 6.92 Å². The van der Waals surface area contributed by atoms with Crippen molar-refractivity contribution in [2.45, 2.75) is 32.4 Å². The van der Waals surface area contributed by atoms with Gasteiger partial charge in [-0.2, -0.15) is 4.98 Å². The lowest BCUT2D eigenvalue weighted by atomic mass is 10.2. The molecule has 0 saturated carbocycles. The summed E-state index contributed by atoms with van der Waals surface area (Å²) in [6.45, 7) is 4.41.